The molecule has 0 saturated carbocycles. The summed E-state index contributed by atoms with van der Waals surface area (Å²) in [4.78, 5) is 0. The van der Waals surface area contributed by atoms with Crippen molar-refractivity contribution in [3.8, 4) is 0 Å². The summed E-state index contributed by atoms with van der Waals surface area (Å²) in [7, 11) is -1.60. The van der Waals surface area contributed by atoms with Gasteiger partial charge in [0.1, 0.15) is 11.6 Å². The molecule has 0 atom stereocenters. The quantitative estimate of drug-likeness (QED) is 0.556. The van der Waals surface area contributed by atoms with Crippen molar-refractivity contribution in [3.63, 3.8) is 0 Å². The van der Waals surface area contributed by atoms with Gasteiger partial charge >= 0.3 is 0 Å². The van der Waals surface area contributed by atoms with Crippen LogP contribution < -0.4 is 0 Å². The summed E-state index contributed by atoms with van der Waals surface area (Å²) in [5.41, 5.74) is 0.932. The van der Waals surface area contributed by atoms with E-state index in [1.54, 1.807) is 12.1 Å². The SMILES string of the molecule is C/C=C(\O[Si](C)(C)C)c1ccc(F)cc1. The first-order chi connectivity index (χ1) is 6.92. The van der Waals surface area contributed by atoms with Gasteiger partial charge < -0.3 is 4.43 Å². The van der Waals surface area contributed by atoms with Gasteiger partial charge in [0, 0.05) is 5.56 Å². The van der Waals surface area contributed by atoms with Crippen molar-refractivity contribution in [1.82, 2.24) is 0 Å². The van der Waals surface area contributed by atoms with E-state index in [1.807, 2.05) is 13.0 Å². The van der Waals surface area contributed by atoms with E-state index < -0.39 is 8.32 Å². The highest BCUT2D eigenvalue weighted by Crippen LogP contribution is 2.21. The van der Waals surface area contributed by atoms with Crippen molar-refractivity contribution in [1.29, 1.82) is 0 Å². The molecule has 0 aromatic heterocycles. The summed E-state index contributed by atoms with van der Waals surface area (Å²) in [5, 5.41) is 0. The van der Waals surface area contributed by atoms with Crippen molar-refractivity contribution >= 4 is 14.1 Å². The smallest absolute Gasteiger partial charge is 0.242 e. The van der Waals surface area contributed by atoms with Gasteiger partial charge in [0.25, 0.3) is 0 Å². The van der Waals surface area contributed by atoms with Gasteiger partial charge in [-0.25, -0.2) is 4.39 Å². The van der Waals surface area contributed by atoms with Crippen molar-refractivity contribution in [2.75, 3.05) is 0 Å². The Hall–Kier alpha value is -1.09. The predicted octanol–water partition coefficient (Wildman–Crippen LogP) is 4.04. The number of allylic oxidation sites excluding steroid dienone is 1. The maximum absolute atomic E-state index is 12.7. The van der Waals surface area contributed by atoms with Crippen LogP contribution in [0.2, 0.25) is 19.6 Å². The molecule has 0 aliphatic rings. The second-order valence-corrected chi connectivity index (χ2v) is 8.80. The van der Waals surface area contributed by atoms with Crippen LogP contribution in [0.5, 0.6) is 0 Å². The zero-order valence-corrected chi connectivity index (χ0v) is 10.7. The van der Waals surface area contributed by atoms with Crippen molar-refractivity contribution in [2.24, 2.45) is 0 Å². The summed E-state index contributed by atoms with van der Waals surface area (Å²) in [6, 6.07) is 6.38. The van der Waals surface area contributed by atoms with Crippen LogP contribution in [0.25, 0.3) is 5.76 Å². The maximum atomic E-state index is 12.7. The molecule has 1 aromatic carbocycles. The molecule has 0 saturated heterocycles. The average Bonchev–Trinajstić information content (AvgIpc) is 2.14. The molecular formula is C12H17FOSi. The van der Waals surface area contributed by atoms with E-state index >= 15 is 0 Å². The van der Waals surface area contributed by atoms with Gasteiger partial charge in [-0.1, -0.05) is 0 Å². The Morgan fingerprint density at radius 3 is 2.13 bits per heavy atom. The second-order valence-electron chi connectivity index (χ2n) is 4.37. The van der Waals surface area contributed by atoms with E-state index in [2.05, 4.69) is 19.6 Å². The fourth-order valence-electron chi connectivity index (χ4n) is 1.23. The Balaban J connectivity index is 2.90. The summed E-state index contributed by atoms with van der Waals surface area (Å²) in [6.07, 6.45) is 1.92. The minimum absolute atomic E-state index is 0.220. The van der Waals surface area contributed by atoms with E-state index in [-0.39, 0.29) is 5.82 Å². The van der Waals surface area contributed by atoms with Crippen molar-refractivity contribution in [3.05, 3.63) is 41.7 Å². The lowest BCUT2D eigenvalue weighted by molar-refractivity contribution is 0.513. The molecule has 0 radical (unpaired) electrons. The number of rotatable bonds is 3. The number of hydrogen-bond donors (Lipinski definition) is 0. The van der Waals surface area contributed by atoms with Gasteiger partial charge in [-0.3, -0.25) is 0 Å². The maximum Gasteiger partial charge on any atom is 0.242 e. The van der Waals surface area contributed by atoms with Gasteiger partial charge in [0.15, 0.2) is 0 Å². The van der Waals surface area contributed by atoms with Gasteiger partial charge in [0.2, 0.25) is 8.32 Å². The lowest BCUT2D eigenvalue weighted by atomic mass is 10.2. The summed E-state index contributed by atoms with van der Waals surface area (Å²) in [5.74, 6) is 0.622. The molecule has 0 aliphatic heterocycles. The zero-order valence-electron chi connectivity index (χ0n) is 9.67. The third kappa shape index (κ3) is 3.87. The van der Waals surface area contributed by atoms with E-state index in [9.17, 15) is 4.39 Å². The molecule has 0 fully saturated rings. The molecule has 0 aliphatic carbocycles. The number of benzene rings is 1. The predicted molar refractivity (Wildman–Crippen MR) is 64.5 cm³/mol. The molecular weight excluding hydrogens is 207 g/mol. The Bertz CT molecular complexity index is 349. The average molecular weight is 224 g/mol. The molecule has 0 bridgehead atoms. The van der Waals surface area contributed by atoms with Crippen LogP contribution in [0.15, 0.2) is 30.3 Å². The first kappa shape index (κ1) is 12.0. The number of halogens is 1. The van der Waals surface area contributed by atoms with Crippen LogP contribution in [-0.2, 0) is 4.43 Å². The lowest BCUT2D eigenvalue weighted by Crippen LogP contribution is -2.24. The van der Waals surface area contributed by atoms with Gasteiger partial charge in [-0.2, -0.15) is 0 Å². The van der Waals surface area contributed by atoms with Crippen LogP contribution in [0.3, 0.4) is 0 Å². The highest BCUT2D eigenvalue weighted by Gasteiger charge is 2.18. The molecule has 1 nitrogen and oxygen atoms in total. The largest absolute Gasteiger partial charge is 0.544 e. The molecule has 1 aromatic rings. The fraction of sp³-hybridized carbons (Fsp3) is 0.333. The first-order valence-corrected chi connectivity index (χ1v) is 8.44. The molecule has 1 rings (SSSR count). The Morgan fingerprint density at radius 2 is 1.73 bits per heavy atom. The standard InChI is InChI=1S/C12H17FOSi/c1-5-12(14-15(2,3)4)10-6-8-11(13)9-7-10/h5-9H,1-4H3/b12-5-. The molecule has 82 valence electrons. The molecule has 0 amide bonds. The lowest BCUT2D eigenvalue weighted by Gasteiger charge is -2.21. The van der Waals surface area contributed by atoms with Crippen LogP contribution in [0, 0.1) is 5.82 Å². The summed E-state index contributed by atoms with van der Waals surface area (Å²) >= 11 is 0. The second kappa shape index (κ2) is 4.62. The van der Waals surface area contributed by atoms with Crippen LogP contribution >= 0.6 is 0 Å². The first-order valence-electron chi connectivity index (χ1n) is 5.03. The van der Waals surface area contributed by atoms with Gasteiger partial charge in [0.05, 0.1) is 0 Å². The van der Waals surface area contributed by atoms with Gasteiger partial charge in [-0.15, -0.1) is 0 Å². The Kier molecular flexibility index (Phi) is 3.69. The molecule has 0 spiro atoms. The third-order valence-electron chi connectivity index (χ3n) is 1.81. The Labute approximate surface area is 91.7 Å². The highest BCUT2D eigenvalue weighted by molar-refractivity contribution is 6.70. The number of hydrogen-bond acceptors (Lipinski definition) is 1. The Morgan fingerprint density at radius 1 is 1.20 bits per heavy atom. The normalized spacial score (nSPS) is 12.7. The van der Waals surface area contributed by atoms with E-state index in [0.29, 0.717) is 0 Å². The molecule has 15 heavy (non-hydrogen) atoms. The van der Waals surface area contributed by atoms with Crippen LogP contribution in [0.1, 0.15) is 12.5 Å². The monoisotopic (exact) mass is 224 g/mol. The third-order valence-corrected chi connectivity index (χ3v) is 2.64. The van der Waals surface area contributed by atoms with E-state index in [4.69, 9.17) is 4.43 Å². The summed E-state index contributed by atoms with van der Waals surface area (Å²) in [6.45, 7) is 8.30. The zero-order chi connectivity index (χ0) is 11.5. The molecule has 0 N–H and O–H groups in total. The van der Waals surface area contributed by atoms with Crippen LogP contribution in [0.4, 0.5) is 4.39 Å². The molecule has 0 heterocycles. The topological polar surface area (TPSA) is 9.23 Å². The molecule has 3 heteroatoms. The molecule has 0 unspecified atom stereocenters. The minimum atomic E-state index is -1.60. The van der Waals surface area contributed by atoms with Crippen molar-refractivity contribution < 1.29 is 8.82 Å². The van der Waals surface area contributed by atoms with Crippen molar-refractivity contribution in [2.45, 2.75) is 26.6 Å². The van der Waals surface area contributed by atoms with Crippen LogP contribution in [-0.4, -0.2) is 8.32 Å². The van der Waals surface area contributed by atoms with E-state index in [1.165, 1.54) is 12.1 Å². The summed E-state index contributed by atoms with van der Waals surface area (Å²) < 4.78 is 18.6. The highest BCUT2D eigenvalue weighted by atomic mass is 28.4. The van der Waals surface area contributed by atoms with Gasteiger partial charge in [-0.05, 0) is 56.9 Å². The fourth-order valence-corrected chi connectivity index (χ4v) is 2.12. The minimum Gasteiger partial charge on any atom is -0.544 e. The van der Waals surface area contributed by atoms with E-state index in [0.717, 1.165) is 11.3 Å².